The number of ether oxygens (including phenoxy) is 1. The van der Waals surface area contributed by atoms with Gasteiger partial charge in [-0.25, -0.2) is 4.79 Å². The van der Waals surface area contributed by atoms with E-state index < -0.39 is 35.7 Å². The molecule has 3 N–H and O–H groups in total. The fraction of sp³-hybridized carbons (Fsp3) is 0.333. The summed E-state index contributed by atoms with van der Waals surface area (Å²) >= 11 is 0.952. The van der Waals surface area contributed by atoms with Crippen LogP contribution < -0.4 is 15.4 Å². The van der Waals surface area contributed by atoms with E-state index in [0.717, 1.165) is 11.3 Å². The minimum absolute atomic E-state index is 0.0385. The van der Waals surface area contributed by atoms with Crippen LogP contribution >= 0.6 is 11.3 Å². The maximum atomic E-state index is 13.8. The molecular weight excluding hydrogens is 397 g/mol. The first-order valence-electron chi connectivity index (χ1n) is 8.35. The van der Waals surface area contributed by atoms with E-state index in [1.54, 1.807) is 18.4 Å². The summed E-state index contributed by atoms with van der Waals surface area (Å²) in [6.45, 7) is 2.07. The second kappa shape index (κ2) is 7.44. The van der Waals surface area contributed by atoms with Gasteiger partial charge in [0.05, 0.1) is 17.5 Å². The topological polar surface area (TPSA) is 87.7 Å². The highest BCUT2D eigenvalue weighted by molar-refractivity contribution is 7.12. The molecule has 0 spiro atoms. The molecule has 2 amide bonds. The Kier molecular flexibility index (Phi) is 5.35. The number of Topliss-reactive ketones (excluding diaryl/α,β-unsaturated/α-hetero) is 1. The first-order chi connectivity index (χ1) is 13.2. The van der Waals surface area contributed by atoms with Crippen LogP contribution in [-0.2, 0) is 0 Å². The number of alkyl halides is 3. The van der Waals surface area contributed by atoms with Crippen molar-refractivity contribution in [2.45, 2.75) is 24.9 Å². The molecule has 1 fully saturated rings. The molecular formula is C18H17F3N2O4S. The van der Waals surface area contributed by atoms with Gasteiger partial charge in [-0.1, -0.05) is 18.2 Å². The van der Waals surface area contributed by atoms with Crippen LogP contribution in [0.5, 0.6) is 5.75 Å². The van der Waals surface area contributed by atoms with E-state index in [9.17, 15) is 27.9 Å². The van der Waals surface area contributed by atoms with Crippen LogP contribution in [0.25, 0.3) is 0 Å². The van der Waals surface area contributed by atoms with Crippen molar-refractivity contribution in [2.24, 2.45) is 5.92 Å². The van der Waals surface area contributed by atoms with Gasteiger partial charge in [0.2, 0.25) is 5.72 Å². The summed E-state index contributed by atoms with van der Waals surface area (Å²) in [4.78, 5) is 24.9. The summed E-state index contributed by atoms with van der Waals surface area (Å²) in [6, 6.07) is 6.26. The number of hydrogen-bond donors (Lipinski definition) is 3. The molecule has 2 heterocycles. The number of aliphatic hydroxyl groups is 1. The predicted molar refractivity (Wildman–Crippen MR) is 95.2 cm³/mol. The van der Waals surface area contributed by atoms with Crippen LogP contribution in [0.4, 0.5) is 18.0 Å². The van der Waals surface area contributed by atoms with E-state index in [-0.39, 0.29) is 10.4 Å². The molecule has 1 aromatic heterocycles. The van der Waals surface area contributed by atoms with Crippen molar-refractivity contribution in [2.75, 3.05) is 6.61 Å². The normalized spacial score (nSPS) is 25.0. The van der Waals surface area contributed by atoms with Crippen molar-refractivity contribution in [3.05, 3.63) is 52.2 Å². The Morgan fingerprint density at radius 1 is 1.32 bits per heavy atom. The molecule has 1 aromatic carbocycles. The molecule has 3 rings (SSSR count). The average molecular weight is 414 g/mol. The lowest BCUT2D eigenvalue weighted by molar-refractivity contribution is -0.287. The summed E-state index contributed by atoms with van der Waals surface area (Å²) < 4.78 is 46.7. The van der Waals surface area contributed by atoms with Gasteiger partial charge in [0.1, 0.15) is 11.7 Å². The molecule has 28 heavy (non-hydrogen) atoms. The SMILES string of the molecule is CCOc1cccc([C@H]2NC(=O)N[C@@](O)(C(F)(F)F)[C@@H]2C(=O)c2cccs2)c1. The lowest BCUT2D eigenvalue weighted by Gasteiger charge is -2.44. The Morgan fingerprint density at radius 2 is 2.07 bits per heavy atom. The molecule has 0 radical (unpaired) electrons. The van der Waals surface area contributed by atoms with Gasteiger partial charge in [0, 0.05) is 0 Å². The molecule has 0 saturated carbocycles. The minimum atomic E-state index is -5.28. The third kappa shape index (κ3) is 3.57. The van der Waals surface area contributed by atoms with Gasteiger partial charge in [-0.05, 0) is 36.1 Å². The van der Waals surface area contributed by atoms with Crippen molar-refractivity contribution in [1.82, 2.24) is 10.6 Å². The minimum Gasteiger partial charge on any atom is -0.494 e. The van der Waals surface area contributed by atoms with Crippen molar-refractivity contribution in [3.63, 3.8) is 0 Å². The van der Waals surface area contributed by atoms with Gasteiger partial charge < -0.3 is 20.5 Å². The summed E-state index contributed by atoms with van der Waals surface area (Å²) in [7, 11) is 0. The highest BCUT2D eigenvalue weighted by atomic mass is 32.1. The fourth-order valence-electron chi connectivity index (χ4n) is 3.15. The van der Waals surface area contributed by atoms with Crippen LogP contribution in [0.1, 0.15) is 28.2 Å². The van der Waals surface area contributed by atoms with Crippen molar-refractivity contribution in [1.29, 1.82) is 0 Å². The number of carbonyl (C=O) groups excluding carboxylic acids is 2. The predicted octanol–water partition coefficient (Wildman–Crippen LogP) is 3.25. The number of halogens is 3. The number of hydrogen-bond acceptors (Lipinski definition) is 5. The van der Waals surface area contributed by atoms with Crippen LogP contribution in [0.3, 0.4) is 0 Å². The molecule has 1 aliphatic heterocycles. The molecule has 2 aromatic rings. The molecule has 0 aliphatic carbocycles. The average Bonchev–Trinajstić information content (AvgIpc) is 3.15. The smallest absolute Gasteiger partial charge is 0.437 e. The fourth-order valence-corrected chi connectivity index (χ4v) is 3.86. The maximum absolute atomic E-state index is 13.8. The molecule has 1 saturated heterocycles. The van der Waals surface area contributed by atoms with Crippen LogP contribution in [0, 0.1) is 5.92 Å². The molecule has 150 valence electrons. The zero-order chi connectivity index (χ0) is 20.5. The van der Waals surface area contributed by atoms with Crippen LogP contribution in [-0.4, -0.2) is 35.4 Å². The van der Waals surface area contributed by atoms with E-state index in [2.05, 4.69) is 5.32 Å². The molecule has 6 nitrogen and oxygen atoms in total. The zero-order valence-electron chi connectivity index (χ0n) is 14.6. The van der Waals surface area contributed by atoms with E-state index in [1.165, 1.54) is 35.6 Å². The summed E-state index contributed by atoms with van der Waals surface area (Å²) in [6.07, 6.45) is -5.28. The number of ketones is 1. The standard InChI is InChI=1S/C18H17F3N2O4S/c1-2-27-11-6-3-5-10(9-11)14-13(15(24)12-7-4-8-28-12)17(26,18(19,20)21)23-16(25)22-14/h3-9,13-14,26H,2H2,1H3,(H2,22,23,25)/t13-,14+,17-/m0/s1. The monoisotopic (exact) mass is 414 g/mol. The van der Waals surface area contributed by atoms with Crippen LogP contribution in [0.2, 0.25) is 0 Å². The van der Waals surface area contributed by atoms with E-state index in [0.29, 0.717) is 12.4 Å². The number of rotatable bonds is 5. The summed E-state index contributed by atoms with van der Waals surface area (Å²) in [5.74, 6) is -2.61. The van der Waals surface area contributed by atoms with Gasteiger partial charge >= 0.3 is 12.2 Å². The number of carbonyl (C=O) groups is 2. The molecule has 10 heteroatoms. The van der Waals surface area contributed by atoms with Crippen molar-refractivity contribution in [3.8, 4) is 5.75 Å². The molecule has 0 bridgehead atoms. The Bertz CT molecular complexity index is 872. The van der Waals surface area contributed by atoms with Crippen molar-refractivity contribution < 1.29 is 32.6 Å². The Morgan fingerprint density at radius 3 is 2.68 bits per heavy atom. The van der Waals surface area contributed by atoms with E-state index >= 15 is 0 Å². The maximum Gasteiger partial charge on any atom is 0.437 e. The van der Waals surface area contributed by atoms with Gasteiger partial charge in [-0.15, -0.1) is 11.3 Å². The van der Waals surface area contributed by atoms with Crippen molar-refractivity contribution >= 4 is 23.2 Å². The Labute approximate surface area is 162 Å². The first kappa shape index (κ1) is 20.2. The quantitative estimate of drug-likeness (QED) is 0.656. The van der Waals surface area contributed by atoms with Gasteiger partial charge in [0.15, 0.2) is 5.78 Å². The summed E-state index contributed by atoms with van der Waals surface area (Å²) in [5.41, 5.74) is -3.53. The molecule has 1 aliphatic rings. The van der Waals surface area contributed by atoms with Crippen LogP contribution in [0.15, 0.2) is 41.8 Å². The molecule has 0 unspecified atom stereocenters. The van der Waals surface area contributed by atoms with Gasteiger partial charge in [-0.3, -0.25) is 4.79 Å². The second-order valence-electron chi connectivity index (χ2n) is 6.16. The van der Waals surface area contributed by atoms with E-state index in [1.807, 2.05) is 0 Å². The Hall–Kier alpha value is -2.59. The highest BCUT2D eigenvalue weighted by Gasteiger charge is 2.66. The number of nitrogens with one attached hydrogen (secondary N) is 2. The number of amides is 2. The zero-order valence-corrected chi connectivity index (χ0v) is 15.4. The largest absolute Gasteiger partial charge is 0.494 e. The third-order valence-electron chi connectivity index (χ3n) is 4.38. The number of benzene rings is 1. The first-order valence-corrected chi connectivity index (χ1v) is 9.23. The number of thiophene rings is 1. The van der Waals surface area contributed by atoms with Gasteiger partial charge in [0.25, 0.3) is 0 Å². The molecule has 3 atom stereocenters. The Balaban J connectivity index is 2.13. The second-order valence-corrected chi connectivity index (χ2v) is 7.11. The number of urea groups is 1. The summed E-state index contributed by atoms with van der Waals surface area (Å²) in [5, 5.41) is 15.8. The highest BCUT2D eigenvalue weighted by Crippen LogP contribution is 2.44. The van der Waals surface area contributed by atoms with Gasteiger partial charge in [-0.2, -0.15) is 13.2 Å². The lowest BCUT2D eigenvalue weighted by Crippen LogP contribution is -2.72. The lowest BCUT2D eigenvalue weighted by atomic mass is 9.78. The third-order valence-corrected chi connectivity index (χ3v) is 5.27. The van der Waals surface area contributed by atoms with E-state index in [4.69, 9.17) is 4.74 Å².